The van der Waals surface area contributed by atoms with E-state index in [1.54, 1.807) is 12.1 Å². The molecule has 2 aromatic heterocycles. The number of nitrogens with two attached hydrogens (primary N) is 2. The van der Waals surface area contributed by atoms with Gasteiger partial charge < -0.3 is 5.73 Å². The molecule has 0 spiro atoms. The Morgan fingerprint density at radius 3 is 2.50 bits per heavy atom. The van der Waals surface area contributed by atoms with Crippen molar-refractivity contribution >= 4 is 15.7 Å². The molecule has 0 amide bonds. The van der Waals surface area contributed by atoms with E-state index in [2.05, 4.69) is 10.1 Å². The summed E-state index contributed by atoms with van der Waals surface area (Å²) in [6.45, 7) is 0. The molecule has 2 rings (SSSR count). The molecule has 0 atom stereocenters. The summed E-state index contributed by atoms with van der Waals surface area (Å²) >= 11 is 0. The molecule has 84 valence electrons. The summed E-state index contributed by atoms with van der Waals surface area (Å²) in [7, 11) is -3.73. The van der Waals surface area contributed by atoms with Crippen molar-refractivity contribution in [2.45, 2.75) is 4.90 Å². The molecular formula is C8H9N5O2S. The van der Waals surface area contributed by atoms with E-state index in [-0.39, 0.29) is 4.90 Å². The van der Waals surface area contributed by atoms with E-state index in [0.717, 1.165) is 6.20 Å². The van der Waals surface area contributed by atoms with Crippen molar-refractivity contribution in [3.8, 4) is 5.82 Å². The minimum atomic E-state index is -3.73. The molecule has 0 unspecified atom stereocenters. The van der Waals surface area contributed by atoms with Gasteiger partial charge in [-0.05, 0) is 12.1 Å². The fourth-order valence-electron chi connectivity index (χ4n) is 1.11. The van der Waals surface area contributed by atoms with Gasteiger partial charge in [0.1, 0.15) is 4.90 Å². The largest absolute Gasteiger partial charge is 0.397 e. The van der Waals surface area contributed by atoms with Crippen LogP contribution in [0, 0.1) is 0 Å². The predicted molar refractivity (Wildman–Crippen MR) is 57.1 cm³/mol. The smallest absolute Gasteiger partial charge is 0.241 e. The number of sulfonamides is 1. The maximum atomic E-state index is 11.0. The Balaban J connectivity index is 2.43. The van der Waals surface area contributed by atoms with Crippen LogP contribution < -0.4 is 10.9 Å². The zero-order valence-corrected chi connectivity index (χ0v) is 8.92. The van der Waals surface area contributed by atoms with E-state index in [1.165, 1.54) is 17.1 Å². The van der Waals surface area contributed by atoms with Crippen LogP contribution in [0.2, 0.25) is 0 Å². The van der Waals surface area contributed by atoms with Crippen LogP contribution in [0.3, 0.4) is 0 Å². The SMILES string of the molecule is Nc1ccc(-n2cc(S(N)(=O)=O)cn2)nc1. The van der Waals surface area contributed by atoms with Gasteiger partial charge in [0.15, 0.2) is 5.82 Å². The van der Waals surface area contributed by atoms with E-state index in [0.29, 0.717) is 11.5 Å². The Morgan fingerprint density at radius 1 is 1.25 bits per heavy atom. The lowest BCUT2D eigenvalue weighted by Crippen LogP contribution is -2.11. The summed E-state index contributed by atoms with van der Waals surface area (Å²) in [5.41, 5.74) is 5.99. The summed E-state index contributed by atoms with van der Waals surface area (Å²) in [6.07, 6.45) is 3.90. The Bertz CT molecular complexity index is 602. The van der Waals surface area contributed by atoms with Gasteiger partial charge >= 0.3 is 0 Å². The van der Waals surface area contributed by atoms with E-state index >= 15 is 0 Å². The predicted octanol–water partition coefficient (Wildman–Crippen LogP) is -0.503. The molecule has 8 heteroatoms. The highest BCUT2D eigenvalue weighted by Crippen LogP contribution is 2.09. The van der Waals surface area contributed by atoms with Crippen LogP contribution in [0.15, 0.2) is 35.6 Å². The van der Waals surface area contributed by atoms with Gasteiger partial charge in [0, 0.05) is 0 Å². The zero-order chi connectivity index (χ0) is 11.8. The van der Waals surface area contributed by atoms with Crippen LogP contribution in [0.5, 0.6) is 0 Å². The van der Waals surface area contributed by atoms with Gasteiger partial charge in [-0.2, -0.15) is 5.10 Å². The number of anilines is 1. The van der Waals surface area contributed by atoms with Crippen molar-refractivity contribution in [2.24, 2.45) is 5.14 Å². The van der Waals surface area contributed by atoms with Crippen LogP contribution in [0.1, 0.15) is 0 Å². The minimum Gasteiger partial charge on any atom is -0.397 e. The van der Waals surface area contributed by atoms with Gasteiger partial charge in [0.2, 0.25) is 10.0 Å². The molecule has 7 nitrogen and oxygen atoms in total. The lowest BCUT2D eigenvalue weighted by molar-refractivity contribution is 0.598. The van der Waals surface area contributed by atoms with E-state index in [9.17, 15) is 8.42 Å². The average molecular weight is 239 g/mol. The van der Waals surface area contributed by atoms with Gasteiger partial charge in [0.05, 0.1) is 24.3 Å². The molecule has 0 aliphatic rings. The standard InChI is InChI=1S/C8H9N5O2S/c9-6-1-2-8(11-3-6)13-5-7(4-12-13)16(10,14)15/h1-5H,9H2,(H2,10,14,15). The summed E-state index contributed by atoms with van der Waals surface area (Å²) in [5.74, 6) is 0.462. The third-order valence-corrected chi connectivity index (χ3v) is 2.76. The van der Waals surface area contributed by atoms with Gasteiger partial charge in [-0.25, -0.2) is 23.2 Å². The Morgan fingerprint density at radius 2 is 2.00 bits per heavy atom. The quantitative estimate of drug-likeness (QED) is 0.732. The molecule has 16 heavy (non-hydrogen) atoms. The van der Waals surface area contributed by atoms with Crippen LogP contribution >= 0.6 is 0 Å². The van der Waals surface area contributed by atoms with E-state index in [4.69, 9.17) is 10.9 Å². The van der Waals surface area contributed by atoms with Crippen molar-refractivity contribution in [1.29, 1.82) is 0 Å². The number of aromatic nitrogens is 3. The van der Waals surface area contributed by atoms with Crippen LogP contribution in [-0.2, 0) is 10.0 Å². The van der Waals surface area contributed by atoms with Gasteiger partial charge in [-0.1, -0.05) is 0 Å². The number of hydrogen-bond donors (Lipinski definition) is 2. The molecule has 4 N–H and O–H groups in total. The van der Waals surface area contributed by atoms with Crippen molar-refractivity contribution in [3.63, 3.8) is 0 Å². The molecule has 0 saturated heterocycles. The molecule has 0 radical (unpaired) electrons. The molecule has 2 heterocycles. The third-order valence-electron chi connectivity index (χ3n) is 1.89. The maximum absolute atomic E-state index is 11.0. The second-order valence-corrected chi connectivity index (χ2v) is 4.68. The maximum Gasteiger partial charge on any atom is 0.241 e. The Kier molecular flexibility index (Phi) is 2.37. The first kappa shape index (κ1) is 10.6. The molecule has 0 aromatic carbocycles. The highest BCUT2D eigenvalue weighted by atomic mass is 32.2. The fourth-order valence-corrected chi connectivity index (χ4v) is 1.55. The normalized spacial score (nSPS) is 11.6. The van der Waals surface area contributed by atoms with Gasteiger partial charge in [-0.3, -0.25) is 0 Å². The first-order valence-electron chi connectivity index (χ1n) is 4.26. The number of rotatable bonds is 2. The molecular weight excluding hydrogens is 230 g/mol. The third kappa shape index (κ3) is 2.02. The molecule has 0 fully saturated rings. The van der Waals surface area contributed by atoms with Gasteiger partial charge in [-0.15, -0.1) is 0 Å². The molecule has 0 aliphatic carbocycles. The highest BCUT2D eigenvalue weighted by Gasteiger charge is 2.11. The van der Waals surface area contributed by atoms with Crippen LogP contribution in [0.25, 0.3) is 5.82 Å². The summed E-state index contributed by atoms with van der Waals surface area (Å²) in [5, 5.41) is 8.79. The Labute approximate surface area is 91.8 Å². The second kappa shape index (κ2) is 3.58. The van der Waals surface area contributed by atoms with Gasteiger partial charge in [0.25, 0.3) is 0 Å². The number of nitrogen functional groups attached to an aromatic ring is 1. The number of hydrogen-bond acceptors (Lipinski definition) is 5. The fraction of sp³-hybridized carbons (Fsp3) is 0. The second-order valence-electron chi connectivity index (χ2n) is 3.12. The van der Waals surface area contributed by atoms with Crippen LogP contribution in [0.4, 0.5) is 5.69 Å². The molecule has 0 aliphatic heterocycles. The first-order chi connectivity index (χ1) is 7.47. The molecule has 0 saturated carbocycles. The van der Waals surface area contributed by atoms with E-state index < -0.39 is 10.0 Å². The molecule has 0 bridgehead atoms. The van der Waals surface area contributed by atoms with Crippen molar-refractivity contribution in [3.05, 3.63) is 30.7 Å². The van der Waals surface area contributed by atoms with Crippen LogP contribution in [-0.4, -0.2) is 23.2 Å². The number of primary sulfonamides is 1. The van der Waals surface area contributed by atoms with Crippen molar-refractivity contribution in [2.75, 3.05) is 5.73 Å². The monoisotopic (exact) mass is 239 g/mol. The summed E-state index contributed by atoms with van der Waals surface area (Å²) < 4.78 is 23.3. The first-order valence-corrected chi connectivity index (χ1v) is 5.81. The molecule has 2 aromatic rings. The number of pyridine rings is 1. The average Bonchev–Trinajstić information content (AvgIpc) is 2.67. The topological polar surface area (TPSA) is 117 Å². The lowest BCUT2D eigenvalue weighted by Gasteiger charge is -1.99. The summed E-state index contributed by atoms with van der Waals surface area (Å²) in [4.78, 5) is 3.92. The zero-order valence-electron chi connectivity index (χ0n) is 8.11. The van der Waals surface area contributed by atoms with Crippen molar-refractivity contribution in [1.82, 2.24) is 14.8 Å². The van der Waals surface area contributed by atoms with E-state index in [1.807, 2.05) is 0 Å². The highest BCUT2D eigenvalue weighted by molar-refractivity contribution is 7.89. The number of nitrogens with zero attached hydrogens (tertiary/aromatic N) is 3. The lowest BCUT2D eigenvalue weighted by atomic mass is 10.4. The van der Waals surface area contributed by atoms with Crippen molar-refractivity contribution < 1.29 is 8.42 Å². The minimum absolute atomic E-state index is 0.0638. The Hall–Kier alpha value is -1.93. The summed E-state index contributed by atoms with van der Waals surface area (Å²) in [6, 6.07) is 3.26.